The highest BCUT2D eigenvalue weighted by Gasteiger charge is 2.27. The highest BCUT2D eigenvalue weighted by molar-refractivity contribution is 5.84. The summed E-state index contributed by atoms with van der Waals surface area (Å²) in [6.45, 7) is 6.30. The van der Waals surface area contributed by atoms with Crippen molar-refractivity contribution in [2.45, 2.75) is 65.5 Å². The fourth-order valence-corrected chi connectivity index (χ4v) is 2.27. The van der Waals surface area contributed by atoms with Gasteiger partial charge >= 0.3 is 5.97 Å². The fourth-order valence-electron chi connectivity index (χ4n) is 2.27. The molecule has 1 N–H and O–H groups in total. The molecule has 1 amide bonds. The van der Waals surface area contributed by atoms with Gasteiger partial charge in [-0.15, -0.1) is 0 Å². The van der Waals surface area contributed by atoms with Gasteiger partial charge in [-0.2, -0.15) is 0 Å². The van der Waals surface area contributed by atoms with Crippen LogP contribution in [0.5, 0.6) is 0 Å². The maximum absolute atomic E-state index is 12.3. The Hall–Kier alpha value is -1.84. The second-order valence-corrected chi connectivity index (χ2v) is 5.98. The quantitative estimate of drug-likeness (QED) is 0.526. The normalized spacial score (nSPS) is 13.2. The van der Waals surface area contributed by atoms with Gasteiger partial charge < -0.3 is 10.1 Å². The summed E-state index contributed by atoms with van der Waals surface area (Å²) in [5.41, 5.74) is 0.943. The van der Waals surface area contributed by atoms with Gasteiger partial charge in [0.05, 0.1) is 0 Å². The van der Waals surface area contributed by atoms with E-state index in [0.29, 0.717) is 6.42 Å². The summed E-state index contributed by atoms with van der Waals surface area (Å²) in [4.78, 5) is 24.4. The Labute approximate surface area is 139 Å². The van der Waals surface area contributed by atoms with E-state index in [2.05, 4.69) is 12.2 Å². The van der Waals surface area contributed by atoms with Gasteiger partial charge in [0.2, 0.25) is 5.91 Å². The lowest BCUT2D eigenvalue weighted by atomic mass is 9.99. The van der Waals surface area contributed by atoms with Crippen molar-refractivity contribution in [2.75, 3.05) is 0 Å². The first kappa shape index (κ1) is 19.2. The van der Waals surface area contributed by atoms with Crippen LogP contribution in [0.4, 0.5) is 0 Å². The van der Waals surface area contributed by atoms with Gasteiger partial charge in [-0.3, -0.25) is 4.79 Å². The zero-order valence-electron chi connectivity index (χ0n) is 14.5. The van der Waals surface area contributed by atoms with Crippen molar-refractivity contribution in [3.63, 3.8) is 0 Å². The van der Waals surface area contributed by atoms with Crippen molar-refractivity contribution in [1.82, 2.24) is 5.32 Å². The van der Waals surface area contributed by atoms with Crippen molar-refractivity contribution in [3.8, 4) is 0 Å². The summed E-state index contributed by atoms with van der Waals surface area (Å²) >= 11 is 0. The van der Waals surface area contributed by atoms with Crippen LogP contribution in [0.15, 0.2) is 30.3 Å². The molecule has 128 valence electrons. The molecule has 0 fully saturated rings. The first-order valence-electron chi connectivity index (χ1n) is 8.58. The molecule has 0 aliphatic heterocycles. The minimum atomic E-state index is -0.571. The maximum atomic E-state index is 12.3. The van der Waals surface area contributed by atoms with Gasteiger partial charge in [-0.05, 0) is 17.9 Å². The number of nitrogens with one attached hydrogen (secondary N) is 1. The number of amides is 1. The number of unbranched alkanes of at least 4 members (excludes halogenated alkanes) is 2. The molecule has 0 heterocycles. The second kappa shape index (κ2) is 10.8. The van der Waals surface area contributed by atoms with Crippen LogP contribution < -0.4 is 5.32 Å². The van der Waals surface area contributed by atoms with Crippen LogP contribution in [-0.2, 0) is 20.9 Å². The number of hydrogen-bond acceptors (Lipinski definition) is 3. The Morgan fingerprint density at radius 2 is 1.83 bits per heavy atom. The highest BCUT2D eigenvalue weighted by Crippen LogP contribution is 2.12. The number of carbonyl (C=O) groups is 2. The van der Waals surface area contributed by atoms with E-state index in [0.717, 1.165) is 31.2 Å². The maximum Gasteiger partial charge on any atom is 0.329 e. The van der Waals surface area contributed by atoms with E-state index in [1.165, 1.54) is 0 Å². The Bertz CT molecular complexity index is 473. The van der Waals surface area contributed by atoms with Crippen molar-refractivity contribution in [2.24, 2.45) is 5.92 Å². The van der Waals surface area contributed by atoms with E-state index < -0.39 is 6.04 Å². The number of hydrogen-bond donors (Lipinski definition) is 1. The third kappa shape index (κ3) is 7.31. The van der Waals surface area contributed by atoms with Gasteiger partial charge in [0.15, 0.2) is 0 Å². The van der Waals surface area contributed by atoms with Crippen LogP contribution in [0.2, 0.25) is 0 Å². The van der Waals surface area contributed by atoms with Gasteiger partial charge in [-0.25, -0.2) is 4.79 Å². The predicted molar refractivity (Wildman–Crippen MR) is 91.8 cm³/mol. The molecular formula is C19H29NO3. The van der Waals surface area contributed by atoms with Crippen LogP contribution in [0.25, 0.3) is 0 Å². The molecule has 0 aliphatic carbocycles. The molecule has 0 saturated carbocycles. The molecule has 1 aromatic rings. The standard InChI is InChI=1S/C19H29NO3/c1-4-6-8-13-17(21)20-18(15(3)5-2)19(22)23-14-16-11-9-7-10-12-16/h7,9-12,15,18H,4-6,8,13-14H2,1-3H3,(H,20,21)/t15-,18-/m0/s1. The smallest absolute Gasteiger partial charge is 0.329 e. The molecule has 0 spiro atoms. The Kier molecular flexibility index (Phi) is 9.03. The summed E-state index contributed by atoms with van der Waals surface area (Å²) in [6.07, 6.45) is 4.22. The van der Waals surface area contributed by atoms with E-state index in [1.54, 1.807) is 0 Å². The Morgan fingerprint density at radius 3 is 2.43 bits per heavy atom. The third-order valence-corrected chi connectivity index (χ3v) is 4.01. The molecule has 2 atom stereocenters. The van der Waals surface area contributed by atoms with E-state index in [9.17, 15) is 9.59 Å². The molecule has 23 heavy (non-hydrogen) atoms. The van der Waals surface area contributed by atoms with Crippen molar-refractivity contribution < 1.29 is 14.3 Å². The molecule has 4 heteroatoms. The van der Waals surface area contributed by atoms with Crippen LogP contribution >= 0.6 is 0 Å². The molecule has 4 nitrogen and oxygen atoms in total. The minimum absolute atomic E-state index is 0.0494. The monoisotopic (exact) mass is 319 g/mol. The van der Waals surface area contributed by atoms with Crippen LogP contribution in [-0.4, -0.2) is 17.9 Å². The van der Waals surface area contributed by atoms with Crippen molar-refractivity contribution in [1.29, 1.82) is 0 Å². The third-order valence-electron chi connectivity index (χ3n) is 4.01. The number of ether oxygens (including phenoxy) is 1. The second-order valence-electron chi connectivity index (χ2n) is 5.98. The molecule has 0 saturated heterocycles. The molecule has 0 aromatic heterocycles. The molecule has 0 bridgehead atoms. The summed E-state index contributed by atoms with van der Waals surface area (Å²) < 4.78 is 5.39. The lowest BCUT2D eigenvalue weighted by Crippen LogP contribution is -2.45. The molecule has 0 unspecified atom stereocenters. The molecule has 0 radical (unpaired) electrons. The minimum Gasteiger partial charge on any atom is -0.459 e. The van der Waals surface area contributed by atoms with Gasteiger partial charge in [0, 0.05) is 6.42 Å². The molecule has 1 rings (SSSR count). The summed E-state index contributed by atoms with van der Waals surface area (Å²) in [5.74, 6) is -0.374. The first-order chi connectivity index (χ1) is 11.1. The van der Waals surface area contributed by atoms with Crippen LogP contribution in [0.1, 0.15) is 58.4 Å². The predicted octanol–water partition coefficient (Wildman–Crippen LogP) is 3.84. The Balaban J connectivity index is 2.55. The summed E-state index contributed by atoms with van der Waals surface area (Å²) in [7, 11) is 0. The topological polar surface area (TPSA) is 55.4 Å². The fraction of sp³-hybridized carbons (Fsp3) is 0.579. The lowest BCUT2D eigenvalue weighted by Gasteiger charge is -2.22. The molecule has 0 aliphatic rings. The zero-order valence-corrected chi connectivity index (χ0v) is 14.5. The van der Waals surface area contributed by atoms with E-state index in [4.69, 9.17) is 4.74 Å². The van der Waals surface area contributed by atoms with E-state index in [1.807, 2.05) is 44.2 Å². The van der Waals surface area contributed by atoms with Crippen LogP contribution in [0, 0.1) is 5.92 Å². The summed E-state index contributed by atoms with van der Waals surface area (Å²) in [6, 6.07) is 8.99. The Morgan fingerprint density at radius 1 is 1.13 bits per heavy atom. The summed E-state index contributed by atoms with van der Waals surface area (Å²) in [5, 5.41) is 2.85. The van der Waals surface area contributed by atoms with Crippen molar-refractivity contribution in [3.05, 3.63) is 35.9 Å². The lowest BCUT2D eigenvalue weighted by molar-refractivity contribution is -0.150. The number of rotatable bonds is 10. The molecule has 1 aromatic carbocycles. The first-order valence-corrected chi connectivity index (χ1v) is 8.58. The van der Waals surface area contributed by atoms with Crippen LogP contribution in [0.3, 0.4) is 0 Å². The molecular weight excluding hydrogens is 290 g/mol. The number of benzene rings is 1. The number of carbonyl (C=O) groups excluding carboxylic acids is 2. The number of esters is 1. The van der Waals surface area contributed by atoms with Crippen molar-refractivity contribution >= 4 is 11.9 Å². The zero-order chi connectivity index (χ0) is 17.1. The van der Waals surface area contributed by atoms with Gasteiger partial charge in [-0.1, -0.05) is 70.4 Å². The largest absolute Gasteiger partial charge is 0.459 e. The average molecular weight is 319 g/mol. The van der Waals surface area contributed by atoms with Gasteiger partial charge in [0.25, 0.3) is 0 Å². The van der Waals surface area contributed by atoms with E-state index >= 15 is 0 Å². The average Bonchev–Trinajstić information content (AvgIpc) is 2.58. The SMILES string of the molecule is CCCCCC(=O)N[C@H](C(=O)OCc1ccccc1)[C@@H](C)CC. The van der Waals surface area contributed by atoms with Gasteiger partial charge in [0.1, 0.15) is 12.6 Å². The van der Waals surface area contributed by atoms with E-state index in [-0.39, 0.29) is 24.4 Å². The highest BCUT2D eigenvalue weighted by atomic mass is 16.5.